The molecule has 0 saturated heterocycles. The average Bonchev–Trinajstić information content (AvgIpc) is 2.84. The molecule has 0 saturated carbocycles. The number of thiophene rings is 1. The topological polar surface area (TPSA) is 47.0 Å². The van der Waals surface area contributed by atoms with Gasteiger partial charge in [-0.05, 0) is 30.4 Å². The van der Waals surface area contributed by atoms with E-state index in [4.69, 9.17) is 4.74 Å². The van der Waals surface area contributed by atoms with Gasteiger partial charge >= 0.3 is 0 Å². The molecule has 1 N–H and O–H groups in total. The van der Waals surface area contributed by atoms with Crippen LogP contribution in [0.25, 0.3) is 0 Å². The quantitative estimate of drug-likeness (QED) is 0.870. The molecule has 0 spiro atoms. The number of nitrogens with one attached hydrogen (secondary N) is 1. The van der Waals surface area contributed by atoms with Gasteiger partial charge in [0.15, 0.2) is 0 Å². The van der Waals surface area contributed by atoms with Gasteiger partial charge in [-0.25, -0.2) is 4.98 Å². The average molecular weight is 263 g/mol. The first-order valence-electron chi connectivity index (χ1n) is 6.08. The van der Waals surface area contributed by atoms with Crippen LogP contribution in [0.3, 0.4) is 0 Å². The van der Waals surface area contributed by atoms with Crippen molar-refractivity contribution < 1.29 is 4.74 Å². The molecule has 0 aliphatic heterocycles. The van der Waals surface area contributed by atoms with Gasteiger partial charge in [0, 0.05) is 17.1 Å². The number of ether oxygens (including phenoxy) is 1. The fourth-order valence-corrected chi connectivity index (χ4v) is 2.57. The molecule has 18 heavy (non-hydrogen) atoms. The number of aromatic nitrogens is 2. The van der Waals surface area contributed by atoms with Crippen LogP contribution in [0.1, 0.15) is 24.3 Å². The molecule has 2 aromatic rings. The normalized spacial score (nSPS) is 10.3. The Bertz CT molecular complexity index is 498. The van der Waals surface area contributed by atoms with Crippen LogP contribution >= 0.6 is 11.3 Å². The molecule has 2 aromatic heterocycles. The fourth-order valence-electron chi connectivity index (χ4n) is 1.65. The standard InChI is InChI=1S/C13H17N3OS/c1-3-10-6-8-18-11(10)9-15-13-14-7-5-12(16-13)17-4-2/h5-8H,3-4,9H2,1-2H3,(H,14,15,16). The third-order valence-electron chi connectivity index (χ3n) is 2.55. The van der Waals surface area contributed by atoms with E-state index in [9.17, 15) is 0 Å². The summed E-state index contributed by atoms with van der Waals surface area (Å²) in [5.41, 5.74) is 1.38. The lowest BCUT2D eigenvalue weighted by atomic mass is 10.2. The first-order valence-corrected chi connectivity index (χ1v) is 6.96. The van der Waals surface area contributed by atoms with Crippen molar-refractivity contribution in [2.75, 3.05) is 11.9 Å². The summed E-state index contributed by atoms with van der Waals surface area (Å²) < 4.78 is 5.34. The van der Waals surface area contributed by atoms with Crippen LogP contribution in [0.15, 0.2) is 23.7 Å². The molecular weight excluding hydrogens is 246 g/mol. The Morgan fingerprint density at radius 1 is 1.33 bits per heavy atom. The van der Waals surface area contributed by atoms with Gasteiger partial charge in [-0.3, -0.25) is 0 Å². The zero-order chi connectivity index (χ0) is 12.8. The first kappa shape index (κ1) is 12.8. The summed E-state index contributed by atoms with van der Waals surface area (Å²) in [5.74, 6) is 1.22. The van der Waals surface area contributed by atoms with Crippen LogP contribution in [-0.2, 0) is 13.0 Å². The third kappa shape index (κ3) is 3.20. The number of hydrogen-bond donors (Lipinski definition) is 1. The summed E-state index contributed by atoms with van der Waals surface area (Å²) >= 11 is 1.76. The monoisotopic (exact) mass is 263 g/mol. The molecular formula is C13H17N3OS. The van der Waals surface area contributed by atoms with Crippen molar-refractivity contribution in [1.29, 1.82) is 0 Å². The molecule has 5 heteroatoms. The molecule has 2 rings (SSSR count). The van der Waals surface area contributed by atoms with E-state index >= 15 is 0 Å². The molecule has 0 bridgehead atoms. The highest BCUT2D eigenvalue weighted by molar-refractivity contribution is 7.10. The minimum atomic E-state index is 0.608. The molecule has 0 radical (unpaired) electrons. The Balaban J connectivity index is 1.99. The minimum Gasteiger partial charge on any atom is -0.478 e. The third-order valence-corrected chi connectivity index (χ3v) is 3.51. The van der Waals surface area contributed by atoms with Gasteiger partial charge in [0.05, 0.1) is 13.2 Å². The lowest BCUT2D eigenvalue weighted by molar-refractivity contribution is 0.326. The highest BCUT2D eigenvalue weighted by atomic mass is 32.1. The zero-order valence-electron chi connectivity index (χ0n) is 10.6. The second-order valence-corrected chi connectivity index (χ2v) is 4.73. The number of anilines is 1. The molecule has 4 nitrogen and oxygen atoms in total. The van der Waals surface area contributed by atoms with E-state index < -0.39 is 0 Å². The Labute approximate surface area is 111 Å². The second-order valence-electron chi connectivity index (χ2n) is 3.73. The molecule has 96 valence electrons. The van der Waals surface area contributed by atoms with Crippen molar-refractivity contribution in [3.05, 3.63) is 34.2 Å². The lowest BCUT2D eigenvalue weighted by Crippen LogP contribution is -2.05. The molecule has 0 atom stereocenters. The molecule has 0 aromatic carbocycles. The first-order chi connectivity index (χ1) is 8.83. The Morgan fingerprint density at radius 2 is 2.22 bits per heavy atom. The van der Waals surface area contributed by atoms with Crippen molar-refractivity contribution in [2.45, 2.75) is 26.8 Å². The summed E-state index contributed by atoms with van der Waals surface area (Å²) in [4.78, 5) is 9.79. The highest BCUT2D eigenvalue weighted by Crippen LogP contribution is 2.18. The van der Waals surface area contributed by atoms with Gasteiger partial charge in [-0.1, -0.05) is 6.92 Å². The number of rotatable bonds is 6. The Hall–Kier alpha value is -1.62. The summed E-state index contributed by atoms with van der Waals surface area (Å²) in [6.45, 7) is 5.48. The van der Waals surface area contributed by atoms with Crippen LogP contribution in [0.5, 0.6) is 5.88 Å². The van der Waals surface area contributed by atoms with Crippen LogP contribution in [0.4, 0.5) is 5.95 Å². The molecule has 0 unspecified atom stereocenters. The van der Waals surface area contributed by atoms with Gasteiger partial charge in [-0.2, -0.15) is 4.98 Å². The Kier molecular flexibility index (Phi) is 4.52. The largest absolute Gasteiger partial charge is 0.478 e. The van der Waals surface area contributed by atoms with Crippen molar-refractivity contribution in [3.8, 4) is 5.88 Å². The van der Waals surface area contributed by atoms with Gasteiger partial charge in [0.1, 0.15) is 0 Å². The lowest BCUT2D eigenvalue weighted by Gasteiger charge is -2.06. The molecule has 0 aliphatic carbocycles. The number of aryl methyl sites for hydroxylation is 1. The number of hydrogen-bond acceptors (Lipinski definition) is 5. The van der Waals surface area contributed by atoms with E-state index in [0.717, 1.165) is 13.0 Å². The van der Waals surface area contributed by atoms with E-state index in [2.05, 4.69) is 33.7 Å². The zero-order valence-corrected chi connectivity index (χ0v) is 11.5. The van der Waals surface area contributed by atoms with Crippen LogP contribution in [0.2, 0.25) is 0 Å². The second kappa shape index (κ2) is 6.35. The van der Waals surface area contributed by atoms with Crippen molar-refractivity contribution in [3.63, 3.8) is 0 Å². The smallest absolute Gasteiger partial charge is 0.226 e. The van der Waals surface area contributed by atoms with Crippen LogP contribution in [0, 0.1) is 0 Å². The van der Waals surface area contributed by atoms with E-state index in [1.807, 2.05) is 6.92 Å². The van der Waals surface area contributed by atoms with E-state index in [1.165, 1.54) is 10.4 Å². The maximum atomic E-state index is 5.34. The van der Waals surface area contributed by atoms with E-state index in [0.29, 0.717) is 18.4 Å². The van der Waals surface area contributed by atoms with Crippen LogP contribution in [-0.4, -0.2) is 16.6 Å². The van der Waals surface area contributed by atoms with E-state index in [1.54, 1.807) is 23.6 Å². The van der Waals surface area contributed by atoms with Crippen molar-refractivity contribution >= 4 is 17.3 Å². The fraction of sp³-hybridized carbons (Fsp3) is 0.385. The predicted molar refractivity (Wildman–Crippen MR) is 74.2 cm³/mol. The SMILES string of the molecule is CCOc1ccnc(NCc2sccc2CC)n1. The highest BCUT2D eigenvalue weighted by Gasteiger charge is 2.04. The number of nitrogens with zero attached hydrogens (tertiary/aromatic N) is 2. The van der Waals surface area contributed by atoms with Gasteiger partial charge < -0.3 is 10.1 Å². The van der Waals surface area contributed by atoms with Gasteiger partial charge in [-0.15, -0.1) is 11.3 Å². The summed E-state index contributed by atoms with van der Waals surface area (Å²) in [7, 11) is 0. The molecule has 0 aliphatic rings. The van der Waals surface area contributed by atoms with E-state index in [-0.39, 0.29) is 0 Å². The molecule has 0 amide bonds. The maximum absolute atomic E-state index is 5.34. The minimum absolute atomic E-state index is 0.608. The summed E-state index contributed by atoms with van der Waals surface area (Å²) in [6.07, 6.45) is 2.76. The van der Waals surface area contributed by atoms with Crippen LogP contribution < -0.4 is 10.1 Å². The van der Waals surface area contributed by atoms with Crippen molar-refractivity contribution in [1.82, 2.24) is 9.97 Å². The molecule has 0 fully saturated rings. The van der Waals surface area contributed by atoms with Gasteiger partial charge in [0.2, 0.25) is 11.8 Å². The summed E-state index contributed by atoms with van der Waals surface area (Å²) in [5, 5.41) is 5.35. The predicted octanol–water partition coefficient (Wildman–Crippen LogP) is 3.11. The molecule has 2 heterocycles. The Morgan fingerprint density at radius 3 is 3.00 bits per heavy atom. The van der Waals surface area contributed by atoms with Gasteiger partial charge in [0.25, 0.3) is 0 Å². The van der Waals surface area contributed by atoms with Crippen molar-refractivity contribution in [2.24, 2.45) is 0 Å². The maximum Gasteiger partial charge on any atom is 0.226 e. The summed E-state index contributed by atoms with van der Waals surface area (Å²) in [6, 6.07) is 3.93.